The van der Waals surface area contributed by atoms with E-state index < -0.39 is 23.8 Å². The molecule has 0 aliphatic carbocycles. The normalized spacial score (nSPS) is 12.7. The van der Waals surface area contributed by atoms with Crippen molar-refractivity contribution in [2.75, 3.05) is 31.0 Å². The Morgan fingerprint density at radius 2 is 1.67 bits per heavy atom. The number of ether oxygens (including phenoxy) is 2. The van der Waals surface area contributed by atoms with E-state index in [0.717, 1.165) is 19.3 Å². The summed E-state index contributed by atoms with van der Waals surface area (Å²) in [5.74, 6) is 0.680. The quantitative estimate of drug-likeness (QED) is 0.275. The molecule has 214 valence electrons. The average molecular weight is 558 g/mol. The number of nitrogens with zero attached hydrogens (tertiary/aromatic N) is 1. The van der Waals surface area contributed by atoms with Crippen LogP contribution in [0.15, 0.2) is 54.6 Å². The van der Waals surface area contributed by atoms with Gasteiger partial charge < -0.3 is 25.0 Å². The van der Waals surface area contributed by atoms with Gasteiger partial charge in [-0.1, -0.05) is 50.1 Å². The molecule has 2 atom stereocenters. The van der Waals surface area contributed by atoms with E-state index in [1.807, 2.05) is 36.6 Å². The van der Waals surface area contributed by atoms with E-state index in [9.17, 15) is 14.4 Å². The van der Waals surface area contributed by atoms with Crippen LogP contribution in [0.2, 0.25) is 0 Å². The van der Waals surface area contributed by atoms with Crippen LogP contribution in [0.25, 0.3) is 0 Å². The first-order chi connectivity index (χ1) is 18.6. The van der Waals surface area contributed by atoms with Crippen LogP contribution < -0.4 is 15.4 Å². The van der Waals surface area contributed by atoms with Crippen molar-refractivity contribution < 1.29 is 23.9 Å². The Morgan fingerprint density at radius 3 is 2.23 bits per heavy atom. The summed E-state index contributed by atoms with van der Waals surface area (Å²) in [5.41, 5.74) is 0.575. The molecule has 3 amide bonds. The number of hydrogen-bond acceptors (Lipinski definition) is 6. The second kappa shape index (κ2) is 16.0. The van der Waals surface area contributed by atoms with Gasteiger partial charge in [0, 0.05) is 12.2 Å². The van der Waals surface area contributed by atoms with Crippen molar-refractivity contribution in [2.24, 2.45) is 0 Å². The first kappa shape index (κ1) is 32.0. The zero-order valence-electron chi connectivity index (χ0n) is 24.0. The average Bonchev–Trinajstić information content (AvgIpc) is 2.90. The zero-order chi connectivity index (χ0) is 28.8. The van der Waals surface area contributed by atoms with E-state index in [-0.39, 0.29) is 11.8 Å². The molecule has 0 aromatic heterocycles. The van der Waals surface area contributed by atoms with Crippen LogP contribution in [0.4, 0.5) is 10.5 Å². The van der Waals surface area contributed by atoms with Crippen LogP contribution in [-0.2, 0) is 14.3 Å². The summed E-state index contributed by atoms with van der Waals surface area (Å²) in [5, 5.41) is 5.74. The highest BCUT2D eigenvalue weighted by Crippen LogP contribution is 2.26. The molecule has 0 saturated heterocycles. The molecular formula is C30H43N3O5S. The number of carbonyl (C=O) groups excluding carboxylic acids is 3. The third kappa shape index (κ3) is 10.8. The molecule has 9 heteroatoms. The summed E-state index contributed by atoms with van der Waals surface area (Å²) in [4.78, 5) is 42.3. The number of carbonyl (C=O) groups is 3. The first-order valence-corrected chi connectivity index (χ1v) is 14.8. The van der Waals surface area contributed by atoms with E-state index in [4.69, 9.17) is 9.47 Å². The number of thioether (sulfide) groups is 1. The van der Waals surface area contributed by atoms with Gasteiger partial charge in [0.1, 0.15) is 23.4 Å². The lowest BCUT2D eigenvalue weighted by atomic mass is 10.0. The van der Waals surface area contributed by atoms with E-state index in [0.29, 0.717) is 35.7 Å². The summed E-state index contributed by atoms with van der Waals surface area (Å²) in [6, 6.07) is 14.6. The molecule has 0 spiro atoms. The molecule has 0 saturated carbocycles. The lowest BCUT2D eigenvalue weighted by Crippen LogP contribution is -2.52. The lowest BCUT2D eigenvalue weighted by Gasteiger charge is -2.34. The maximum absolute atomic E-state index is 14.1. The van der Waals surface area contributed by atoms with E-state index in [1.54, 1.807) is 68.8 Å². The minimum absolute atomic E-state index is 0.315. The van der Waals surface area contributed by atoms with Crippen molar-refractivity contribution in [3.05, 3.63) is 60.2 Å². The van der Waals surface area contributed by atoms with Crippen molar-refractivity contribution in [2.45, 2.75) is 71.1 Å². The Morgan fingerprint density at radius 1 is 1.00 bits per heavy atom. The number of rotatable bonds is 14. The molecule has 8 nitrogen and oxygen atoms in total. The van der Waals surface area contributed by atoms with Crippen molar-refractivity contribution in [1.29, 1.82) is 0 Å². The van der Waals surface area contributed by atoms with Gasteiger partial charge in [-0.05, 0) is 75.5 Å². The highest BCUT2D eigenvalue weighted by Gasteiger charge is 2.36. The van der Waals surface area contributed by atoms with E-state index >= 15 is 0 Å². The molecule has 0 bridgehead atoms. The molecule has 2 rings (SSSR count). The Hall–Kier alpha value is -3.20. The molecule has 2 unspecified atom stereocenters. The molecular weight excluding hydrogens is 514 g/mol. The number of benzene rings is 2. The maximum Gasteiger partial charge on any atom is 0.408 e. The second-order valence-corrected chi connectivity index (χ2v) is 11.2. The highest BCUT2D eigenvalue weighted by atomic mass is 32.2. The molecule has 0 fully saturated rings. The lowest BCUT2D eigenvalue weighted by molar-refractivity contribution is -0.141. The van der Waals surface area contributed by atoms with E-state index in [1.165, 1.54) is 0 Å². The van der Waals surface area contributed by atoms with Gasteiger partial charge in [0.2, 0.25) is 5.91 Å². The second-order valence-electron chi connectivity index (χ2n) is 10.3. The molecule has 2 N–H and O–H groups in total. The molecule has 0 aliphatic heterocycles. The predicted molar refractivity (Wildman–Crippen MR) is 158 cm³/mol. The molecule has 0 radical (unpaired) electrons. The van der Waals surface area contributed by atoms with Gasteiger partial charge in [0.15, 0.2) is 0 Å². The SMILES string of the molecule is CCCCCN(C(=O)C(CCSC)NC(=O)OC(C)(C)C)C(C(=O)Nc1ccc(OC)cc1)c1ccccc1. The Bertz CT molecular complexity index is 1040. The monoisotopic (exact) mass is 557 g/mol. The fourth-order valence-corrected chi connectivity index (χ4v) is 4.51. The van der Waals surface area contributed by atoms with Crippen molar-refractivity contribution in [1.82, 2.24) is 10.2 Å². The van der Waals surface area contributed by atoms with Crippen LogP contribution in [0.1, 0.15) is 65.0 Å². The molecule has 2 aromatic carbocycles. The minimum atomic E-state index is -0.894. The fourth-order valence-electron chi connectivity index (χ4n) is 4.03. The Labute approximate surface area is 237 Å². The van der Waals surface area contributed by atoms with Crippen molar-refractivity contribution in [3.8, 4) is 5.75 Å². The van der Waals surface area contributed by atoms with Gasteiger partial charge in [-0.3, -0.25) is 9.59 Å². The number of unbranched alkanes of at least 4 members (excludes halogenated alkanes) is 2. The minimum Gasteiger partial charge on any atom is -0.497 e. The molecule has 0 heterocycles. The highest BCUT2D eigenvalue weighted by molar-refractivity contribution is 7.98. The first-order valence-electron chi connectivity index (χ1n) is 13.4. The number of alkyl carbamates (subject to hydrolysis) is 1. The standard InChI is InChI=1S/C30H43N3O5S/c1-7-8-12-20-33(28(35)25(19-21-39-6)32-29(36)38-30(2,3)4)26(22-13-10-9-11-14-22)27(34)31-23-15-17-24(37-5)18-16-23/h9-11,13-18,25-26H,7-8,12,19-21H2,1-6H3,(H,31,34)(H,32,36). The smallest absolute Gasteiger partial charge is 0.408 e. The summed E-state index contributed by atoms with van der Waals surface area (Å²) >= 11 is 1.58. The van der Waals surface area contributed by atoms with Gasteiger partial charge in [0.05, 0.1) is 7.11 Å². The molecule has 0 aliphatic rings. The number of nitrogens with one attached hydrogen (secondary N) is 2. The maximum atomic E-state index is 14.1. The summed E-state index contributed by atoms with van der Waals surface area (Å²) in [6.45, 7) is 7.78. The third-order valence-corrected chi connectivity index (χ3v) is 6.56. The predicted octanol–water partition coefficient (Wildman–Crippen LogP) is 6.04. The fraction of sp³-hybridized carbons (Fsp3) is 0.500. The summed E-state index contributed by atoms with van der Waals surface area (Å²) in [6.07, 6.45) is 4.29. The van der Waals surface area contributed by atoms with Gasteiger partial charge in [-0.25, -0.2) is 4.79 Å². The third-order valence-electron chi connectivity index (χ3n) is 5.92. The number of hydrogen-bond donors (Lipinski definition) is 2. The van der Waals surface area contributed by atoms with Gasteiger partial charge in [-0.15, -0.1) is 0 Å². The largest absolute Gasteiger partial charge is 0.497 e. The van der Waals surface area contributed by atoms with Gasteiger partial charge in [0.25, 0.3) is 5.91 Å². The number of methoxy groups -OCH3 is 1. The van der Waals surface area contributed by atoms with Gasteiger partial charge in [-0.2, -0.15) is 11.8 Å². The van der Waals surface area contributed by atoms with Crippen LogP contribution in [0.3, 0.4) is 0 Å². The topological polar surface area (TPSA) is 97.0 Å². The van der Waals surface area contributed by atoms with Crippen LogP contribution in [0, 0.1) is 0 Å². The number of anilines is 1. The zero-order valence-corrected chi connectivity index (χ0v) is 24.8. The van der Waals surface area contributed by atoms with Crippen LogP contribution >= 0.6 is 11.8 Å². The van der Waals surface area contributed by atoms with E-state index in [2.05, 4.69) is 17.6 Å². The van der Waals surface area contributed by atoms with Crippen LogP contribution in [-0.4, -0.2) is 60.1 Å². The molecule has 39 heavy (non-hydrogen) atoms. The molecule has 2 aromatic rings. The Kier molecular flexibility index (Phi) is 13.2. The summed E-state index contributed by atoms with van der Waals surface area (Å²) < 4.78 is 10.7. The van der Waals surface area contributed by atoms with Crippen LogP contribution in [0.5, 0.6) is 5.75 Å². The van der Waals surface area contributed by atoms with Crippen molar-refractivity contribution in [3.63, 3.8) is 0 Å². The van der Waals surface area contributed by atoms with Gasteiger partial charge >= 0.3 is 6.09 Å². The van der Waals surface area contributed by atoms with Crippen molar-refractivity contribution >= 4 is 35.4 Å². The number of amides is 3. The Balaban J connectivity index is 2.45. The summed E-state index contributed by atoms with van der Waals surface area (Å²) in [7, 11) is 1.58.